The highest BCUT2D eigenvalue weighted by atomic mass is 16.5. The van der Waals surface area contributed by atoms with E-state index >= 15 is 0 Å². The Hall–Kier alpha value is -0.0800. The van der Waals surface area contributed by atoms with Crippen molar-refractivity contribution < 1.29 is 4.74 Å². The molecule has 2 N–H and O–H groups in total. The first-order chi connectivity index (χ1) is 8.27. The Kier molecular flexibility index (Phi) is 7.87. The molecular formula is C15H31NO. The molecule has 1 saturated heterocycles. The largest absolute Gasteiger partial charge is 0.378 e. The molecule has 0 aromatic carbocycles. The molecule has 3 unspecified atom stereocenters. The highest BCUT2D eigenvalue weighted by Crippen LogP contribution is 2.22. The molecule has 0 aliphatic carbocycles. The average molecular weight is 241 g/mol. The SMILES string of the molecule is CCCCC(CC)C(N)CCCC1CCCO1. The van der Waals surface area contributed by atoms with Gasteiger partial charge >= 0.3 is 0 Å². The summed E-state index contributed by atoms with van der Waals surface area (Å²) in [7, 11) is 0. The number of unbranched alkanes of at least 4 members (excludes halogenated alkanes) is 1. The first-order valence-corrected chi connectivity index (χ1v) is 7.65. The molecule has 1 rings (SSSR count). The van der Waals surface area contributed by atoms with Gasteiger partial charge in [0, 0.05) is 12.6 Å². The van der Waals surface area contributed by atoms with Gasteiger partial charge in [0.25, 0.3) is 0 Å². The third-order valence-corrected chi connectivity index (χ3v) is 4.15. The Morgan fingerprint density at radius 3 is 2.65 bits per heavy atom. The predicted molar refractivity (Wildman–Crippen MR) is 74.1 cm³/mol. The molecule has 2 nitrogen and oxygen atoms in total. The first kappa shape index (κ1) is 15.0. The second-order valence-corrected chi connectivity index (χ2v) is 5.54. The maximum atomic E-state index is 6.31. The van der Waals surface area contributed by atoms with Gasteiger partial charge in [-0.25, -0.2) is 0 Å². The minimum absolute atomic E-state index is 0.410. The molecule has 1 aliphatic heterocycles. The molecule has 0 saturated carbocycles. The van der Waals surface area contributed by atoms with Crippen LogP contribution in [0.5, 0.6) is 0 Å². The lowest BCUT2D eigenvalue weighted by molar-refractivity contribution is 0.101. The Balaban J connectivity index is 2.10. The zero-order valence-electron chi connectivity index (χ0n) is 11.8. The first-order valence-electron chi connectivity index (χ1n) is 7.65. The van der Waals surface area contributed by atoms with Crippen molar-refractivity contribution >= 4 is 0 Å². The highest BCUT2D eigenvalue weighted by molar-refractivity contribution is 4.73. The van der Waals surface area contributed by atoms with Crippen molar-refractivity contribution in [3.8, 4) is 0 Å². The Bertz CT molecular complexity index is 178. The molecule has 2 heteroatoms. The van der Waals surface area contributed by atoms with E-state index in [0.717, 1.165) is 12.5 Å². The van der Waals surface area contributed by atoms with Crippen LogP contribution >= 0.6 is 0 Å². The predicted octanol–water partition coefficient (Wildman–Crippen LogP) is 3.88. The summed E-state index contributed by atoms with van der Waals surface area (Å²) in [5.41, 5.74) is 6.31. The second-order valence-electron chi connectivity index (χ2n) is 5.54. The van der Waals surface area contributed by atoms with Crippen LogP contribution in [0.1, 0.15) is 71.6 Å². The fraction of sp³-hybridized carbons (Fsp3) is 1.00. The van der Waals surface area contributed by atoms with Crippen molar-refractivity contribution in [3.63, 3.8) is 0 Å². The summed E-state index contributed by atoms with van der Waals surface area (Å²) in [4.78, 5) is 0. The van der Waals surface area contributed by atoms with Gasteiger partial charge < -0.3 is 10.5 Å². The molecule has 0 aromatic heterocycles. The van der Waals surface area contributed by atoms with Crippen LogP contribution in [0.15, 0.2) is 0 Å². The molecule has 0 aromatic rings. The quantitative estimate of drug-likeness (QED) is 0.665. The van der Waals surface area contributed by atoms with Crippen molar-refractivity contribution in [2.75, 3.05) is 6.61 Å². The molecule has 3 atom stereocenters. The van der Waals surface area contributed by atoms with Crippen LogP contribution in [-0.4, -0.2) is 18.8 Å². The summed E-state index contributed by atoms with van der Waals surface area (Å²) < 4.78 is 5.65. The topological polar surface area (TPSA) is 35.2 Å². The van der Waals surface area contributed by atoms with Crippen molar-refractivity contribution in [1.82, 2.24) is 0 Å². The maximum absolute atomic E-state index is 6.31. The van der Waals surface area contributed by atoms with Gasteiger partial charge in [-0.3, -0.25) is 0 Å². The van der Waals surface area contributed by atoms with E-state index < -0.39 is 0 Å². The molecule has 102 valence electrons. The van der Waals surface area contributed by atoms with E-state index in [4.69, 9.17) is 10.5 Å². The number of nitrogens with two attached hydrogens (primary N) is 1. The molecule has 17 heavy (non-hydrogen) atoms. The number of hydrogen-bond acceptors (Lipinski definition) is 2. The lowest BCUT2D eigenvalue weighted by Crippen LogP contribution is -2.30. The molecular weight excluding hydrogens is 210 g/mol. The van der Waals surface area contributed by atoms with E-state index in [-0.39, 0.29) is 0 Å². The smallest absolute Gasteiger partial charge is 0.0576 e. The molecule has 1 fully saturated rings. The van der Waals surface area contributed by atoms with Gasteiger partial charge in [-0.05, 0) is 44.4 Å². The van der Waals surface area contributed by atoms with Crippen LogP contribution in [0, 0.1) is 5.92 Å². The fourth-order valence-corrected chi connectivity index (χ4v) is 2.88. The van der Waals surface area contributed by atoms with Gasteiger partial charge in [-0.15, -0.1) is 0 Å². The van der Waals surface area contributed by atoms with Crippen molar-refractivity contribution in [2.24, 2.45) is 11.7 Å². The summed E-state index contributed by atoms with van der Waals surface area (Å²) in [5, 5.41) is 0. The van der Waals surface area contributed by atoms with E-state index in [0.29, 0.717) is 12.1 Å². The summed E-state index contributed by atoms with van der Waals surface area (Å²) in [5.74, 6) is 0.736. The van der Waals surface area contributed by atoms with E-state index in [2.05, 4.69) is 13.8 Å². The van der Waals surface area contributed by atoms with Crippen molar-refractivity contribution in [2.45, 2.75) is 83.8 Å². The summed E-state index contributed by atoms with van der Waals surface area (Å²) >= 11 is 0. The molecule has 0 radical (unpaired) electrons. The Morgan fingerprint density at radius 1 is 1.24 bits per heavy atom. The lowest BCUT2D eigenvalue weighted by atomic mass is 9.88. The minimum atomic E-state index is 0.410. The monoisotopic (exact) mass is 241 g/mol. The molecule has 1 aliphatic rings. The van der Waals surface area contributed by atoms with Crippen molar-refractivity contribution in [1.29, 1.82) is 0 Å². The summed E-state index contributed by atoms with van der Waals surface area (Å²) in [6.45, 7) is 5.51. The summed E-state index contributed by atoms with van der Waals surface area (Å²) in [6.07, 6.45) is 11.9. The van der Waals surface area contributed by atoms with Gasteiger partial charge in [0.05, 0.1) is 6.10 Å². The number of rotatable bonds is 9. The van der Waals surface area contributed by atoms with Crippen LogP contribution in [0.25, 0.3) is 0 Å². The Morgan fingerprint density at radius 2 is 2.06 bits per heavy atom. The van der Waals surface area contributed by atoms with Gasteiger partial charge in [-0.1, -0.05) is 33.1 Å². The minimum Gasteiger partial charge on any atom is -0.378 e. The normalized spacial score (nSPS) is 23.8. The van der Waals surface area contributed by atoms with Gasteiger partial charge in [-0.2, -0.15) is 0 Å². The van der Waals surface area contributed by atoms with E-state index in [1.54, 1.807) is 0 Å². The number of ether oxygens (including phenoxy) is 1. The highest BCUT2D eigenvalue weighted by Gasteiger charge is 2.18. The standard InChI is InChI=1S/C15H31NO/c1-3-5-8-13(4-2)15(16)11-6-9-14-10-7-12-17-14/h13-15H,3-12,16H2,1-2H3. The Labute approximate surface area is 107 Å². The third kappa shape index (κ3) is 5.87. The van der Waals surface area contributed by atoms with Crippen LogP contribution < -0.4 is 5.73 Å². The zero-order valence-corrected chi connectivity index (χ0v) is 11.8. The fourth-order valence-electron chi connectivity index (χ4n) is 2.88. The van der Waals surface area contributed by atoms with Crippen LogP contribution in [0.3, 0.4) is 0 Å². The summed E-state index contributed by atoms with van der Waals surface area (Å²) in [6, 6.07) is 0.410. The maximum Gasteiger partial charge on any atom is 0.0576 e. The average Bonchev–Trinajstić information content (AvgIpc) is 2.83. The molecule has 0 amide bonds. The van der Waals surface area contributed by atoms with E-state index in [1.165, 1.54) is 57.8 Å². The molecule has 0 bridgehead atoms. The van der Waals surface area contributed by atoms with E-state index in [9.17, 15) is 0 Å². The van der Waals surface area contributed by atoms with Gasteiger partial charge in [0.15, 0.2) is 0 Å². The number of hydrogen-bond donors (Lipinski definition) is 1. The molecule has 1 heterocycles. The van der Waals surface area contributed by atoms with E-state index in [1.807, 2.05) is 0 Å². The second kappa shape index (κ2) is 8.93. The molecule has 0 spiro atoms. The van der Waals surface area contributed by atoms with Gasteiger partial charge in [0.2, 0.25) is 0 Å². The van der Waals surface area contributed by atoms with Crippen LogP contribution in [0.2, 0.25) is 0 Å². The van der Waals surface area contributed by atoms with Crippen LogP contribution in [-0.2, 0) is 4.74 Å². The van der Waals surface area contributed by atoms with Gasteiger partial charge in [0.1, 0.15) is 0 Å². The third-order valence-electron chi connectivity index (χ3n) is 4.15. The lowest BCUT2D eigenvalue weighted by Gasteiger charge is -2.23. The zero-order chi connectivity index (χ0) is 12.5. The van der Waals surface area contributed by atoms with Crippen molar-refractivity contribution in [3.05, 3.63) is 0 Å². The van der Waals surface area contributed by atoms with Crippen LogP contribution in [0.4, 0.5) is 0 Å².